The van der Waals surface area contributed by atoms with Crippen LogP contribution < -0.4 is 14.8 Å². The Labute approximate surface area is 321 Å². The minimum atomic E-state index is -4.44. The lowest BCUT2D eigenvalue weighted by atomic mass is 10.1. The standard InChI is InChI=1S/C34H34N8O11S3/c1-52-30-21-27(42-40-26-8-5-9-29(20-26)56(49,50)51)12-10-23(30)18-32-36-33(38-34(37-32)35-14-16-54(43,44)45)19-24-11-13-28(41-39-25-6-3-2-4-7-25)22-31(24)53-15-17-55(46,47)48/h2-13,20-22H,14-19H2,1H3,(H,43,44,45)(H,46,47,48)(H,49,50,51)(H,35,36,37,38). The molecule has 0 aliphatic rings. The molecule has 0 fully saturated rings. The summed E-state index contributed by atoms with van der Waals surface area (Å²) in [6, 6.07) is 24.0. The Morgan fingerprint density at radius 2 is 1.14 bits per heavy atom. The molecule has 0 spiro atoms. The van der Waals surface area contributed by atoms with E-state index in [-0.39, 0.29) is 59.9 Å². The minimum Gasteiger partial charge on any atom is -0.496 e. The van der Waals surface area contributed by atoms with Crippen molar-refractivity contribution in [3.8, 4) is 11.5 Å². The molecule has 0 amide bonds. The van der Waals surface area contributed by atoms with Crippen LogP contribution in [0.4, 0.5) is 28.7 Å². The summed E-state index contributed by atoms with van der Waals surface area (Å²) in [5.74, 6) is -0.322. The molecule has 19 nitrogen and oxygen atoms in total. The number of benzene rings is 4. The Hall–Kier alpha value is -5.78. The maximum Gasteiger partial charge on any atom is 0.294 e. The highest BCUT2D eigenvalue weighted by Crippen LogP contribution is 2.31. The van der Waals surface area contributed by atoms with Crippen molar-refractivity contribution in [2.24, 2.45) is 20.5 Å². The molecule has 4 aromatic carbocycles. The first-order chi connectivity index (χ1) is 26.5. The molecule has 4 N–H and O–H groups in total. The highest BCUT2D eigenvalue weighted by molar-refractivity contribution is 7.86. The van der Waals surface area contributed by atoms with E-state index in [1.807, 2.05) is 6.07 Å². The SMILES string of the molecule is COc1cc(N=Nc2cccc(S(=O)(=O)O)c2)ccc1Cc1nc(Cc2ccc(N=Nc3ccccc3)cc2OCCS(=O)(=O)O)nc(NCCS(=O)(=O)O)n1. The Morgan fingerprint density at radius 3 is 1.71 bits per heavy atom. The molecule has 0 bridgehead atoms. The number of rotatable bonds is 18. The minimum absolute atomic E-state index is 0.00714. The van der Waals surface area contributed by atoms with Crippen molar-refractivity contribution in [1.29, 1.82) is 0 Å². The zero-order chi connectivity index (χ0) is 40.3. The van der Waals surface area contributed by atoms with E-state index in [0.29, 0.717) is 33.9 Å². The number of azo groups is 2. The van der Waals surface area contributed by atoms with E-state index < -0.39 is 41.9 Å². The average Bonchev–Trinajstić information content (AvgIpc) is 3.13. The molecule has 1 heterocycles. The maximum atomic E-state index is 11.5. The second kappa shape index (κ2) is 18.2. The van der Waals surface area contributed by atoms with Crippen LogP contribution in [0.1, 0.15) is 22.8 Å². The molecule has 0 saturated carbocycles. The Bertz CT molecular complexity index is 2580. The number of ether oxygens (including phenoxy) is 2. The van der Waals surface area contributed by atoms with Gasteiger partial charge in [0.05, 0.1) is 40.5 Å². The molecule has 0 unspecified atom stereocenters. The molecule has 56 heavy (non-hydrogen) atoms. The number of hydrogen-bond donors (Lipinski definition) is 4. The number of nitrogens with zero attached hydrogens (tertiary/aromatic N) is 7. The van der Waals surface area contributed by atoms with E-state index >= 15 is 0 Å². The molecule has 5 aromatic rings. The van der Waals surface area contributed by atoms with Crippen LogP contribution in [0.25, 0.3) is 0 Å². The summed E-state index contributed by atoms with van der Waals surface area (Å²) >= 11 is 0. The summed E-state index contributed by atoms with van der Waals surface area (Å²) in [6.07, 6.45) is 0.0884. The van der Waals surface area contributed by atoms with Crippen molar-refractivity contribution in [2.45, 2.75) is 17.7 Å². The highest BCUT2D eigenvalue weighted by Gasteiger charge is 2.16. The van der Waals surface area contributed by atoms with Gasteiger partial charge in [0.25, 0.3) is 30.4 Å². The molecule has 0 aliphatic heterocycles. The van der Waals surface area contributed by atoms with Gasteiger partial charge in [0.15, 0.2) is 0 Å². The van der Waals surface area contributed by atoms with Gasteiger partial charge in [-0.1, -0.05) is 36.4 Å². The van der Waals surface area contributed by atoms with Gasteiger partial charge in [0.2, 0.25) is 5.95 Å². The summed E-state index contributed by atoms with van der Waals surface area (Å²) in [7, 11) is -11.6. The first-order valence-corrected chi connectivity index (χ1v) is 21.0. The van der Waals surface area contributed by atoms with Gasteiger partial charge >= 0.3 is 0 Å². The summed E-state index contributed by atoms with van der Waals surface area (Å²) in [5.41, 5.74) is 2.59. The number of anilines is 1. The third-order valence-corrected chi connectivity index (χ3v) is 9.67. The molecular weight excluding hydrogens is 793 g/mol. The quantitative estimate of drug-likeness (QED) is 0.0608. The number of nitrogens with one attached hydrogen (secondary N) is 1. The number of aromatic nitrogens is 3. The molecule has 1 aromatic heterocycles. The first kappa shape index (κ1) is 41.4. The second-order valence-electron chi connectivity index (χ2n) is 11.7. The van der Waals surface area contributed by atoms with Gasteiger partial charge in [-0.05, 0) is 42.5 Å². The van der Waals surface area contributed by atoms with Crippen LogP contribution in [0, 0.1) is 0 Å². The predicted molar refractivity (Wildman–Crippen MR) is 203 cm³/mol. The Morgan fingerprint density at radius 1 is 0.607 bits per heavy atom. The smallest absolute Gasteiger partial charge is 0.294 e. The van der Waals surface area contributed by atoms with Crippen LogP contribution in [0.5, 0.6) is 11.5 Å². The molecule has 0 aliphatic carbocycles. The zero-order valence-corrected chi connectivity index (χ0v) is 31.8. The normalized spacial score (nSPS) is 12.3. The maximum absolute atomic E-state index is 11.5. The molecule has 5 rings (SSSR count). The summed E-state index contributed by atoms with van der Waals surface area (Å²) in [6.45, 7) is -0.620. The van der Waals surface area contributed by atoms with Crippen molar-refractivity contribution in [2.75, 3.05) is 37.1 Å². The van der Waals surface area contributed by atoms with E-state index in [4.69, 9.17) is 9.47 Å². The topological polar surface area (TPSA) is 282 Å². The summed E-state index contributed by atoms with van der Waals surface area (Å²) < 4.78 is 108. The van der Waals surface area contributed by atoms with E-state index in [9.17, 15) is 38.9 Å². The van der Waals surface area contributed by atoms with Crippen molar-refractivity contribution < 1.29 is 48.4 Å². The van der Waals surface area contributed by atoms with Gasteiger partial charge < -0.3 is 14.8 Å². The monoisotopic (exact) mass is 826 g/mol. The fraction of sp³-hybridized carbons (Fsp3) is 0.206. The van der Waals surface area contributed by atoms with Crippen LogP contribution in [0.15, 0.2) is 116 Å². The Kier molecular flexibility index (Phi) is 13.5. The Balaban J connectivity index is 1.44. The third-order valence-electron chi connectivity index (χ3n) is 7.42. The predicted octanol–water partition coefficient (Wildman–Crippen LogP) is 5.71. The number of hydrogen-bond acceptors (Lipinski definition) is 16. The first-order valence-electron chi connectivity index (χ1n) is 16.3. The van der Waals surface area contributed by atoms with E-state index in [2.05, 4.69) is 40.7 Å². The zero-order valence-electron chi connectivity index (χ0n) is 29.4. The fourth-order valence-corrected chi connectivity index (χ4v) is 6.03. The van der Waals surface area contributed by atoms with Crippen molar-refractivity contribution >= 4 is 59.1 Å². The van der Waals surface area contributed by atoms with Gasteiger partial charge in [-0.15, -0.1) is 0 Å². The van der Waals surface area contributed by atoms with Crippen LogP contribution in [0.3, 0.4) is 0 Å². The van der Waals surface area contributed by atoms with E-state index in [0.717, 1.165) is 6.07 Å². The molecular formula is C34H34N8O11S3. The molecule has 22 heteroatoms. The highest BCUT2D eigenvalue weighted by atomic mass is 32.2. The van der Waals surface area contributed by atoms with Gasteiger partial charge in [0, 0.05) is 42.6 Å². The van der Waals surface area contributed by atoms with Crippen LogP contribution in [0.2, 0.25) is 0 Å². The number of methoxy groups -OCH3 is 1. The second-order valence-corrected chi connectivity index (χ2v) is 16.3. The lowest BCUT2D eigenvalue weighted by molar-refractivity contribution is 0.333. The largest absolute Gasteiger partial charge is 0.496 e. The van der Waals surface area contributed by atoms with Crippen LogP contribution in [-0.4, -0.2) is 85.6 Å². The van der Waals surface area contributed by atoms with Gasteiger partial charge in [-0.2, -0.15) is 55.7 Å². The molecule has 0 radical (unpaired) electrons. The van der Waals surface area contributed by atoms with Gasteiger partial charge in [0.1, 0.15) is 35.5 Å². The third kappa shape index (κ3) is 13.2. The van der Waals surface area contributed by atoms with E-state index in [1.54, 1.807) is 54.6 Å². The van der Waals surface area contributed by atoms with Crippen molar-refractivity contribution in [1.82, 2.24) is 15.0 Å². The van der Waals surface area contributed by atoms with Crippen LogP contribution in [-0.2, 0) is 43.2 Å². The average molecular weight is 827 g/mol. The van der Waals surface area contributed by atoms with E-state index in [1.165, 1.54) is 31.4 Å². The van der Waals surface area contributed by atoms with Gasteiger partial charge in [-0.3, -0.25) is 13.7 Å². The molecule has 0 saturated heterocycles. The van der Waals surface area contributed by atoms with Crippen LogP contribution >= 0.6 is 0 Å². The summed E-state index contributed by atoms with van der Waals surface area (Å²) in [5, 5.41) is 19.4. The summed E-state index contributed by atoms with van der Waals surface area (Å²) in [4.78, 5) is 13.1. The lowest BCUT2D eigenvalue weighted by Crippen LogP contribution is -2.18. The van der Waals surface area contributed by atoms with Crippen molar-refractivity contribution in [3.05, 3.63) is 114 Å². The van der Waals surface area contributed by atoms with Gasteiger partial charge in [-0.25, -0.2) is 4.98 Å². The fourth-order valence-electron chi connectivity index (χ4n) is 4.85. The molecule has 0 atom stereocenters. The lowest BCUT2D eigenvalue weighted by Gasteiger charge is -2.13. The van der Waals surface area contributed by atoms with Crippen molar-refractivity contribution in [3.63, 3.8) is 0 Å². The molecule has 294 valence electrons.